The third-order valence-electron chi connectivity index (χ3n) is 3.17. The number of ketones is 1. The van der Waals surface area contributed by atoms with Crippen LogP contribution in [-0.4, -0.2) is 5.78 Å². The van der Waals surface area contributed by atoms with Crippen LogP contribution >= 0.6 is 12.4 Å². The quantitative estimate of drug-likeness (QED) is 0.626. The van der Waals surface area contributed by atoms with Gasteiger partial charge in [-0.1, -0.05) is 25.0 Å². The highest BCUT2D eigenvalue weighted by Gasteiger charge is 2.36. The molecule has 1 atom stereocenters. The fourth-order valence-corrected chi connectivity index (χ4v) is 2.15. The second-order valence-corrected chi connectivity index (χ2v) is 4.43. The number of halogens is 1. The van der Waals surface area contributed by atoms with E-state index in [9.17, 15) is 4.79 Å². The van der Waals surface area contributed by atoms with Gasteiger partial charge < -0.3 is 0 Å². The molecule has 0 aromatic heterocycles. The maximum Gasteiger partial charge on any atom is 0.139 e. The zero-order valence-electron chi connectivity index (χ0n) is 8.14. The van der Waals surface area contributed by atoms with Crippen molar-refractivity contribution in [2.24, 2.45) is 5.41 Å². The summed E-state index contributed by atoms with van der Waals surface area (Å²) < 4.78 is 0. The lowest BCUT2D eigenvalue weighted by Gasteiger charge is -2.31. The van der Waals surface area contributed by atoms with Crippen molar-refractivity contribution in [2.45, 2.75) is 45.4 Å². The highest BCUT2D eigenvalue weighted by Crippen LogP contribution is 2.41. The molecule has 2 aliphatic carbocycles. The maximum atomic E-state index is 11.7. The van der Waals surface area contributed by atoms with Crippen LogP contribution < -0.4 is 0 Å². The summed E-state index contributed by atoms with van der Waals surface area (Å²) >= 11 is 0. The van der Waals surface area contributed by atoms with Gasteiger partial charge in [0.25, 0.3) is 0 Å². The molecule has 0 bridgehead atoms. The van der Waals surface area contributed by atoms with E-state index < -0.39 is 0 Å². The number of carbonyl (C=O) groups is 1. The van der Waals surface area contributed by atoms with E-state index in [-0.39, 0.29) is 17.8 Å². The molecule has 1 nitrogen and oxygen atoms in total. The highest BCUT2D eigenvalue weighted by molar-refractivity contribution is 5.85. The summed E-state index contributed by atoms with van der Waals surface area (Å²) in [5.74, 6) is 0.501. The Morgan fingerprint density at radius 3 is 2.69 bits per heavy atom. The standard InChI is InChI=1S/C11H16O.ClH/c1-11(8-9-5-6-9)7-3-2-4-10(11)12;/h5H,2-4,6-8H2,1H3;1H. The van der Waals surface area contributed by atoms with E-state index in [1.165, 1.54) is 18.4 Å². The number of hydrogen-bond donors (Lipinski definition) is 0. The minimum atomic E-state index is 0. The van der Waals surface area contributed by atoms with Gasteiger partial charge in [0.1, 0.15) is 5.78 Å². The van der Waals surface area contributed by atoms with Gasteiger partial charge in [0.2, 0.25) is 0 Å². The molecule has 0 saturated heterocycles. The van der Waals surface area contributed by atoms with Gasteiger partial charge in [-0.2, -0.15) is 0 Å². The Hall–Kier alpha value is -0.300. The van der Waals surface area contributed by atoms with Crippen LogP contribution in [0.2, 0.25) is 0 Å². The first-order valence-corrected chi connectivity index (χ1v) is 4.92. The molecule has 1 unspecified atom stereocenters. The molecule has 13 heavy (non-hydrogen) atoms. The molecule has 74 valence electrons. The predicted molar refractivity (Wildman–Crippen MR) is 56.1 cm³/mol. The van der Waals surface area contributed by atoms with Crippen molar-refractivity contribution in [3.63, 3.8) is 0 Å². The van der Waals surface area contributed by atoms with Crippen molar-refractivity contribution < 1.29 is 4.79 Å². The van der Waals surface area contributed by atoms with Gasteiger partial charge in [0, 0.05) is 11.8 Å². The summed E-state index contributed by atoms with van der Waals surface area (Å²) in [5.41, 5.74) is 1.52. The first-order chi connectivity index (χ1) is 5.71. The number of Topliss-reactive ketones (excluding diaryl/α,β-unsaturated/α-hetero) is 1. The molecule has 0 N–H and O–H groups in total. The third kappa shape index (κ3) is 2.34. The lowest BCUT2D eigenvalue weighted by atomic mass is 9.72. The first kappa shape index (κ1) is 10.8. The lowest BCUT2D eigenvalue weighted by molar-refractivity contribution is -0.130. The molecule has 2 aliphatic rings. The third-order valence-corrected chi connectivity index (χ3v) is 3.17. The van der Waals surface area contributed by atoms with Crippen molar-refractivity contribution in [2.75, 3.05) is 0 Å². The van der Waals surface area contributed by atoms with Crippen LogP contribution in [0.25, 0.3) is 0 Å². The molecule has 0 spiro atoms. The van der Waals surface area contributed by atoms with E-state index in [4.69, 9.17) is 0 Å². The van der Waals surface area contributed by atoms with E-state index in [1.54, 1.807) is 0 Å². The van der Waals surface area contributed by atoms with Crippen LogP contribution in [0.3, 0.4) is 0 Å². The Balaban J connectivity index is 0.000000845. The average Bonchev–Trinajstić information content (AvgIpc) is 2.79. The van der Waals surface area contributed by atoms with Crippen LogP contribution in [0.5, 0.6) is 0 Å². The molecule has 2 rings (SSSR count). The fraction of sp³-hybridized carbons (Fsp3) is 0.727. The van der Waals surface area contributed by atoms with Crippen molar-refractivity contribution in [1.29, 1.82) is 0 Å². The van der Waals surface area contributed by atoms with Gasteiger partial charge in [0.05, 0.1) is 0 Å². The van der Waals surface area contributed by atoms with Gasteiger partial charge in [-0.05, 0) is 25.7 Å². The fourth-order valence-electron chi connectivity index (χ4n) is 2.15. The van der Waals surface area contributed by atoms with Gasteiger partial charge >= 0.3 is 0 Å². The van der Waals surface area contributed by atoms with E-state index >= 15 is 0 Å². The smallest absolute Gasteiger partial charge is 0.139 e. The summed E-state index contributed by atoms with van der Waals surface area (Å²) in [7, 11) is 0. The number of allylic oxidation sites excluding steroid dienone is 2. The molecule has 2 heteroatoms. The maximum absolute atomic E-state index is 11.7. The Bertz CT molecular complexity index is 244. The normalized spacial score (nSPS) is 32.1. The Kier molecular flexibility index (Phi) is 3.18. The molecule has 0 heterocycles. The zero-order chi connectivity index (χ0) is 8.60. The van der Waals surface area contributed by atoms with E-state index in [0.717, 1.165) is 25.7 Å². The summed E-state index contributed by atoms with van der Waals surface area (Å²) in [5, 5.41) is 0. The molecule has 1 fully saturated rings. The van der Waals surface area contributed by atoms with Crippen LogP contribution in [0.15, 0.2) is 11.6 Å². The van der Waals surface area contributed by atoms with Crippen molar-refractivity contribution >= 4 is 18.2 Å². The molecule has 0 aromatic rings. The SMILES string of the molecule is CC1(CC2=CC2)CCCCC1=O.Cl. The van der Waals surface area contributed by atoms with Crippen molar-refractivity contribution in [3.8, 4) is 0 Å². The Morgan fingerprint density at radius 2 is 2.15 bits per heavy atom. The number of hydrogen-bond acceptors (Lipinski definition) is 1. The topological polar surface area (TPSA) is 17.1 Å². The minimum absolute atomic E-state index is 0. The molecule has 0 aromatic carbocycles. The zero-order valence-corrected chi connectivity index (χ0v) is 8.95. The Labute approximate surface area is 86.0 Å². The second kappa shape index (κ2) is 3.83. The predicted octanol–water partition coefficient (Wildman–Crippen LogP) is 3.28. The van der Waals surface area contributed by atoms with E-state index in [2.05, 4.69) is 13.0 Å². The summed E-state index contributed by atoms with van der Waals surface area (Å²) in [6.07, 6.45) is 8.76. The summed E-state index contributed by atoms with van der Waals surface area (Å²) in [6, 6.07) is 0. The monoisotopic (exact) mass is 200 g/mol. The van der Waals surface area contributed by atoms with Gasteiger partial charge in [0.15, 0.2) is 0 Å². The molecule has 0 aliphatic heterocycles. The number of carbonyl (C=O) groups excluding carboxylic acids is 1. The number of rotatable bonds is 2. The molecular formula is C11H17ClO. The van der Waals surface area contributed by atoms with Gasteiger partial charge in [-0.3, -0.25) is 4.79 Å². The van der Waals surface area contributed by atoms with Crippen LogP contribution in [0.1, 0.15) is 45.4 Å². The Morgan fingerprint density at radius 1 is 1.46 bits per heavy atom. The van der Waals surface area contributed by atoms with Gasteiger partial charge in [-0.25, -0.2) is 0 Å². The largest absolute Gasteiger partial charge is 0.299 e. The van der Waals surface area contributed by atoms with Gasteiger partial charge in [-0.15, -0.1) is 12.4 Å². The minimum Gasteiger partial charge on any atom is -0.299 e. The summed E-state index contributed by atoms with van der Waals surface area (Å²) in [6.45, 7) is 2.15. The summed E-state index contributed by atoms with van der Waals surface area (Å²) in [4.78, 5) is 11.7. The van der Waals surface area contributed by atoms with E-state index in [0.29, 0.717) is 5.78 Å². The van der Waals surface area contributed by atoms with Crippen LogP contribution in [0, 0.1) is 5.41 Å². The van der Waals surface area contributed by atoms with Crippen LogP contribution in [-0.2, 0) is 4.79 Å². The first-order valence-electron chi connectivity index (χ1n) is 4.92. The van der Waals surface area contributed by atoms with Crippen molar-refractivity contribution in [1.82, 2.24) is 0 Å². The molecule has 0 radical (unpaired) electrons. The average molecular weight is 201 g/mol. The highest BCUT2D eigenvalue weighted by atomic mass is 35.5. The molecular weight excluding hydrogens is 184 g/mol. The van der Waals surface area contributed by atoms with Crippen LogP contribution in [0.4, 0.5) is 0 Å². The van der Waals surface area contributed by atoms with Crippen molar-refractivity contribution in [3.05, 3.63) is 11.6 Å². The lowest BCUT2D eigenvalue weighted by Crippen LogP contribution is -2.30. The van der Waals surface area contributed by atoms with E-state index in [1.807, 2.05) is 0 Å². The molecule has 0 amide bonds. The second-order valence-electron chi connectivity index (χ2n) is 4.43. The molecule has 1 saturated carbocycles.